The summed E-state index contributed by atoms with van der Waals surface area (Å²) < 4.78 is 8.68. The van der Waals surface area contributed by atoms with E-state index < -0.39 is 0 Å². The van der Waals surface area contributed by atoms with E-state index >= 15 is 0 Å². The van der Waals surface area contributed by atoms with Crippen LogP contribution in [0.25, 0.3) is 11.0 Å². The van der Waals surface area contributed by atoms with Crippen molar-refractivity contribution in [2.24, 2.45) is 5.92 Å². The third-order valence-electron chi connectivity index (χ3n) is 4.11. The monoisotopic (exact) mass is 344 g/mol. The van der Waals surface area contributed by atoms with Crippen LogP contribution in [0.15, 0.2) is 6.07 Å². The van der Waals surface area contributed by atoms with E-state index in [0.717, 1.165) is 42.8 Å². The topological polar surface area (TPSA) is 41.0 Å². The van der Waals surface area contributed by atoms with Gasteiger partial charge < -0.3 is 10.2 Å². The highest BCUT2D eigenvalue weighted by Gasteiger charge is 2.28. The molecule has 21 heavy (non-hydrogen) atoms. The summed E-state index contributed by atoms with van der Waals surface area (Å²) in [6.45, 7) is 7.37. The van der Waals surface area contributed by atoms with Crippen LogP contribution >= 0.6 is 34.9 Å². The Morgan fingerprint density at radius 1 is 1.33 bits per heavy atom. The van der Waals surface area contributed by atoms with E-state index in [1.54, 1.807) is 6.07 Å². The molecule has 1 aromatic heterocycles. The molecule has 3 rings (SSSR count). The van der Waals surface area contributed by atoms with E-state index in [9.17, 15) is 0 Å². The number of nitrogens with one attached hydrogen (secondary N) is 1. The average molecular weight is 345 g/mol. The lowest BCUT2D eigenvalue weighted by molar-refractivity contribution is 0.327. The van der Waals surface area contributed by atoms with E-state index in [1.807, 2.05) is 0 Å². The Hall–Kier alpha value is -0.620. The van der Waals surface area contributed by atoms with Gasteiger partial charge in [-0.05, 0) is 24.9 Å². The summed E-state index contributed by atoms with van der Waals surface area (Å²) >= 11 is 13.8. The van der Waals surface area contributed by atoms with Crippen LogP contribution < -0.4 is 10.2 Å². The van der Waals surface area contributed by atoms with Crippen molar-refractivity contribution in [2.75, 3.05) is 24.5 Å². The second kappa shape index (κ2) is 6.24. The highest BCUT2D eigenvalue weighted by atomic mass is 35.5. The van der Waals surface area contributed by atoms with Gasteiger partial charge in [0.2, 0.25) is 0 Å². The summed E-state index contributed by atoms with van der Waals surface area (Å²) in [5.74, 6) is 0.562. The van der Waals surface area contributed by atoms with E-state index in [4.69, 9.17) is 23.2 Å². The molecule has 7 heteroatoms. The fraction of sp³-hybridized carbons (Fsp3) is 0.571. The van der Waals surface area contributed by atoms with E-state index in [-0.39, 0.29) is 0 Å². The number of rotatable bonds is 3. The van der Waals surface area contributed by atoms with Crippen LogP contribution in [-0.2, 0) is 0 Å². The highest BCUT2D eigenvalue weighted by molar-refractivity contribution is 7.00. The fourth-order valence-electron chi connectivity index (χ4n) is 3.08. The molecule has 0 bridgehead atoms. The minimum Gasteiger partial charge on any atom is -0.368 e. The number of aromatic nitrogens is 2. The number of hydrogen-bond acceptors (Lipinski definition) is 5. The first kappa shape index (κ1) is 15.3. The van der Waals surface area contributed by atoms with Crippen molar-refractivity contribution in [3.8, 4) is 0 Å². The molecule has 114 valence electrons. The van der Waals surface area contributed by atoms with Gasteiger partial charge in [0.05, 0.1) is 27.5 Å². The van der Waals surface area contributed by atoms with Gasteiger partial charge >= 0.3 is 0 Å². The number of halogens is 2. The molecule has 2 aromatic rings. The Balaban J connectivity index is 1.93. The van der Waals surface area contributed by atoms with Crippen molar-refractivity contribution in [2.45, 2.75) is 26.3 Å². The number of anilines is 1. The van der Waals surface area contributed by atoms with Crippen molar-refractivity contribution in [1.82, 2.24) is 14.1 Å². The molecular weight excluding hydrogens is 327 g/mol. The van der Waals surface area contributed by atoms with E-state index in [2.05, 4.69) is 32.8 Å². The molecule has 0 amide bonds. The lowest BCUT2D eigenvalue weighted by Crippen LogP contribution is -2.48. The molecule has 2 unspecified atom stereocenters. The molecule has 0 aliphatic carbocycles. The second-order valence-corrected chi connectivity index (χ2v) is 6.87. The summed E-state index contributed by atoms with van der Waals surface area (Å²) in [7, 11) is 0. The summed E-state index contributed by atoms with van der Waals surface area (Å²) in [6.07, 6.45) is 1.10. The maximum Gasteiger partial charge on any atom is 0.131 e. The molecule has 1 fully saturated rings. The summed E-state index contributed by atoms with van der Waals surface area (Å²) in [5.41, 5.74) is 2.56. The van der Waals surface area contributed by atoms with Gasteiger partial charge in [0.25, 0.3) is 0 Å². The van der Waals surface area contributed by atoms with Gasteiger partial charge in [0.15, 0.2) is 0 Å². The largest absolute Gasteiger partial charge is 0.368 e. The number of hydrogen-bond donors (Lipinski definition) is 1. The minimum absolute atomic E-state index is 0.562. The molecular formula is C14H18Cl2N4S. The maximum atomic E-state index is 6.44. The zero-order chi connectivity index (χ0) is 15.0. The lowest BCUT2D eigenvalue weighted by Gasteiger charge is -2.39. The SMILES string of the molecule is CCNC1CCN(c2c(Cl)cc(Cl)c3nsnc23)CC1C. The predicted molar refractivity (Wildman–Crippen MR) is 90.9 cm³/mol. The molecule has 0 radical (unpaired) electrons. The molecule has 4 nitrogen and oxygen atoms in total. The molecule has 2 atom stereocenters. The van der Waals surface area contributed by atoms with Gasteiger partial charge in [0.1, 0.15) is 11.0 Å². The first-order valence-corrected chi connectivity index (χ1v) is 8.69. The lowest BCUT2D eigenvalue weighted by atomic mass is 9.93. The molecule has 0 saturated carbocycles. The highest BCUT2D eigenvalue weighted by Crippen LogP contribution is 2.39. The summed E-state index contributed by atoms with van der Waals surface area (Å²) in [5, 5.41) is 4.79. The van der Waals surface area contributed by atoms with Crippen LogP contribution in [-0.4, -0.2) is 34.4 Å². The first-order valence-electron chi connectivity index (χ1n) is 7.20. The van der Waals surface area contributed by atoms with Crippen molar-refractivity contribution in [3.63, 3.8) is 0 Å². The summed E-state index contributed by atoms with van der Waals surface area (Å²) in [6, 6.07) is 2.35. The zero-order valence-corrected chi connectivity index (χ0v) is 14.4. The molecule has 1 aromatic carbocycles. The van der Waals surface area contributed by atoms with Crippen molar-refractivity contribution in [1.29, 1.82) is 0 Å². The zero-order valence-electron chi connectivity index (χ0n) is 12.1. The second-order valence-electron chi connectivity index (χ2n) is 5.53. The minimum atomic E-state index is 0.562. The van der Waals surface area contributed by atoms with Crippen LogP contribution in [0.3, 0.4) is 0 Å². The standard InChI is InChI=1S/C14H18Cl2N4S/c1-3-17-11-4-5-20(7-8(11)2)14-10(16)6-9(15)12-13(14)19-21-18-12/h6,8,11,17H,3-5,7H2,1-2H3. The quantitative estimate of drug-likeness (QED) is 0.918. The van der Waals surface area contributed by atoms with Crippen LogP contribution in [0.2, 0.25) is 10.0 Å². The third-order valence-corrected chi connectivity index (χ3v) is 5.21. The Morgan fingerprint density at radius 2 is 2.10 bits per heavy atom. The molecule has 2 heterocycles. The Bertz CT molecular complexity index is 645. The summed E-state index contributed by atoms with van der Waals surface area (Å²) in [4.78, 5) is 2.32. The number of nitrogens with zero attached hydrogens (tertiary/aromatic N) is 3. The number of piperidine rings is 1. The van der Waals surface area contributed by atoms with Gasteiger partial charge in [-0.15, -0.1) is 0 Å². The van der Waals surface area contributed by atoms with Gasteiger partial charge in [-0.1, -0.05) is 37.0 Å². The van der Waals surface area contributed by atoms with Crippen LogP contribution in [0, 0.1) is 5.92 Å². The molecule has 1 aliphatic heterocycles. The molecule has 1 saturated heterocycles. The smallest absolute Gasteiger partial charge is 0.131 e. The van der Waals surface area contributed by atoms with Crippen LogP contribution in [0.5, 0.6) is 0 Å². The number of benzene rings is 1. The number of fused-ring (bicyclic) bond motifs is 1. The van der Waals surface area contributed by atoms with Gasteiger partial charge in [0, 0.05) is 19.1 Å². The Kier molecular flexibility index (Phi) is 4.54. The first-order chi connectivity index (χ1) is 10.1. The Morgan fingerprint density at radius 3 is 2.81 bits per heavy atom. The van der Waals surface area contributed by atoms with Crippen LogP contribution in [0.1, 0.15) is 20.3 Å². The molecule has 1 N–H and O–H groups in total. The van der Waals surface area contributed by atoms with Crippen molar-refractivity contribution < 1.29 is 0 Å². The predicted octanol–water partition coefficient (Wildman–Crippen LogP) is 3.82. The maximum absolute atomic E-state index is 6.44. The van der Waals surface area contributed by atoms with Crippen molar-refractivity contribution in [3.05, 3.63) is 16.1 Å². The molecule has 1 aliphatic rings. The third kappa shape index (κ3) is 2.84. The fourth-order valence-corrected chi connectivity index (χ4v) is 4.30. The van der Waals surface area contributed by atoms with Gasteiger partial charge in [-0.25, -0.2) is 0 Å². The van der Waals surface area contributed by atoms with Gasteiger partial charge in [-0.2, -0.15) is 8.75 Å². The normalized spacial score (nSPS) is 23.0. The van der Waals surface area contributed by atoms with Crippen molar-refractivity contribution >= 4 is 51.7 Å². The van der Waals surface area contributed by atoms with Gasteiger partial charge in [-0.3, -0.25) is 0 Å². The van der Waals surface area contributed by atoms with E-state index in [0.29, 0.717) is 22.0 Å². The average Bonchev–Trinajstić information content (AvgIpc) is 2.91. The van der Waals surface area contributed by atoms with Crippen LogP contribution in [0.4, 0.5) is 5.69 Å². The molecule has 0 spiro atoms. The van der Waals surface area contributed by atoms with E-state index in [1.165, 1.54) is 11.7 Å². The Labute approximate surface area is 138 Å².